The average molecular weight is 312 g/mol. The molecule has 0 saturated carbocycles. The van der Waals surface area contributed by atoms with E-state index < -0.39 is 27.0 Å². The van der Waals surface area contributed by atoms with Gasteiger partial charge >= 0.3 is 63.3 Å². The number of carbonyl (C=O) groups is 2. The summed E-state index contributed by atoms with van der Waals surface area (Å²) in [5, 5.41) is 0. The first-order valence-electron chi connectivity index (χ1n) is 4.57. The molecule has 0 fully saturated rings. The predicted molar refractivity (Wildman–Crippen MR) is 57.1 cm³/mol. The Labute approximate surface area is 152 Å². The normalized spacial score (nSPS) is 10.3. The van der Waals surface area contributed by atoms with Crippen LogP contribution in [0.25, 0.3) is 0 Å². The first-order valence-corrected chi connectivity index (χ1v) is 5.98. The van der Waals surface area contributed by atoms with Crippen molar-refractivity contribution in [2.24, 2.45) is 0 Å². The summed E-state index contributed by atoms with van der Waals surface area (Å²) < 4.78 is 41.5. The zero-order chi connectivity index (χ0) is 13.9. The number of hydrogen-bond acceptors (Lipinski definition) is 7. The Morgan fingerprint density at radius 1 is 1.00 bits per heavy atom. The van der Waals surface area contributed by atoms with Crippen LogP contribution in [0.3, 0.4) is 0 Å². The van der Waals surface area contributed by atoms with E-state index in [9.17, 15) is 22.6 Å². The molecule has 0 unspecified atom stereocenters. The van der Waals surface area contributed by atoms with Gasteiger partial charge in [-0.1, -0.05) is 0 Å². The quantitative estimate of drug-likeness (QED) is 0.336. The molecule has 1 aromatic carbocycles. The molecule has 0 atom stereocenters. The van der Waals surface area contributed by atoms with E-state index >= 15 is 0 Å². The summed E-state index contributed by atoms with van der Waals surface area (Å²) in [6.07, 6.45) is 0. The molecular weight excluding hydrogens is 303 g/mol. The third-order valence-electron chi connectivity index (χ3n) is 2.04. The van der Waals surface area contributed by atoms with Crippen molar-refractivity contribution in [1.82, 2.24) is 0 Å². The predicted octanol–water partition coefficient (Wildman–Crippen LogP) is -2.83. The molecule has 9 heteroatoms. The molecule has 19 heavy (non-hydrogen) atoms. The first kappa shape index (κ1) is 18.7. The molecule has 0 N–H and O–H groups in total. The second-order valence-corrected chi connectivity index (χ2v) is 4.56. The van der Waals surface area contributed by atoms with E-state index in [0.29, 0.717) is 0 Å². The van der Waals surface area contributed by atoms with E-state index in [1.165, 1.54) is 0 Å². The standard InChI is InChI=1S/C10H10O7S.K/c1-16-9(11)6-3-7(10(12)17-2)5-8(4-6)18(13,14)15;/h3-5H,1-2H3,(H,13,14,15);/q;+1/p-1. The number of methoxy groups -OCH3 is 2. The fourth-order valence-electron chi connectivity index (χ4n) is 1.21. The summed E-state index contributed by atoms with van der Waals surface area (Å²) in [6, 6.07) is 2.74. The van der Waals surface area contributed by atoms with Gasteiger partial charge in [0.2, 0.25) is 0 Å². The fraction of sp³-hybridized carbons (Fsp3) is 0.200. The minimum Gasteiger partial charge on any atom is -0.744 e. The van der Waals surface area contributed by atoms with Crippen LogP contribution < -0.4 is 51.4 Å². The Kier molecular flexibility index (Phi) is 7.36. The van der Waals surface area contributed by atoms with Gasteiger partial charge in [0.1, 0.15) is 10.1 Å². The maximum Gasteiger partial charge on any atom is 1.00 e. The molecule has 0 heterocycles. The van der Waals surface area contributed by atoms with Crippen LogP contribution in [0.15, 0.2) is 23.1 Å². The third kappa shape index (κ3) is 4.95. The van der Waals surface area contributed by atoms with Gasteiger partial charge in [-0.2, -0.15) is 0 Å². The van der Waals surface area contributed by atoms with Gasteiger partial charge in [-0.25, -0.2) is 18.0 Å². The van der Waals surface area contributed by atoms with E-state index in [1.807, 2.05) is 0 Å². The number of benzene rings is 1. The van der Waals surface area contributed by atoms with Gasteiger partial charge in [-0.15, -0.1) is 0 Å². The molecule has 0 spiro atoms. The minimum atomic E-state index is -4.80. The molecule has 1 aromatic rings. The molecule has 7 nitrogen and oxygen atoms in total. The summed E-state index contributed by atoms with van der Waals surface area (Å²) in [5.74, 6) is -1.74. The fourth-order valence-corrected chi connectivity index (χ4v) is 1.76. The Bertz CT molecular complexity index is 560. The molecule has 0 aliphatic carbocycles. The van der Waals surface area contributed by atoms with Gasteiger partial charge in [0.25, 0.3) is 0 Å². The van der Waals surface area contributed by atoms with Crippen molar-refractivity contribution in [3.05, 3.63) is 29.3 Å². The molecule has 1 rings (SSSR count). The van der Waals surface area contributed by atoms with Gasteiger partial charge in [0, 0.05) is 0 Å². The van der Waals surface area contributed by atoms with Gasteiger partial charge in [0.15, 0.2) is 0 Å². The van der Waals surface area contributed by atoms with E-state index in [1.54, 1.807) is 0 Å². The number of esters is 2. The Balaban J connectivity index is 0.00000324. The van der Waals surface area contributed by atoms with E-state index in [-0.39, 0.29) is 62.5 Å². The van der Waals surface area contributed by atoms with Crippen LogP contribution in [-0.4, -0.2) is 39.1 Å². The monoisotopic (exact) mass is 312 g/mol. The maximum atomic E-state index is 11.3. The zero-order valence-electron chi connectivity index (χ0n) is 10.5. The number of rotatable bonds is 3. The number of carbonyl (C=O) groups excluding carboxylic acids is 2. The topological polar surface area (TPSA) is 110 Å². The van der Waals surface area contributed by atoms with Crippen molar-refractivity contribution in [3.63, 3.8) is 0 Å². The van der Waals surface area contributed by atoms with Crippen LogP contribution in [0, 0.1) is 0 Å². The van der Waals surface area contributed by atoms with Gasteiger partial charge < -0.3 is 14.0 Å². The number of hydrogen-bond donors (Lipinski definition) is 0. The van der Waals surface area contributed by atoms with Crippen molar-refractivity contribution in [2.45, 2.75) is 4.90 Å². The van der Waals surface area contributed by atoms with Crippen LogP contribution >= 0.6 is 0 Å². The van der Waals surface area contributed by atoms with Crippen LogP contribution in [0.5, 0.6) is 0 Å². The third-order valence-corrected chi connectivity index (χ3v) is 2.85. The molecule has 0 bridgehead atoms. The second-order valence-electron chi connectivity index (χ2n) is 3.18. The Hall–Kier alpha value is -0.294. The molecule has 0 aliphatic heterocycles. The maximum absolute atomic E-state index is 11.3. The van der Waals surface area contributed by atoms with Crippen molar-refractivity contribution in [3.8, 4) is 0 Å². The zero-order valence-corrected chi connectivity index (χ0v) is 14.4. The molecule has 0 aromatic heterocycles. The van der Waals surface area contributed by atoms with Crippen molar-refractivity contribution < 1.29 is 83.4 Å². The second kappa shape index (κ2) is 7.48. The van der Waals surface area contributed by atoms with Gasteiger partial charge in [-0.05, 0) is 18.2 Å². The average Bonchev–Trinajstić information content (AvgIpc) is 2.35. The van der Waals surface area contributed by atoms with Crippen molar-refractivity contribution >= 4 is 22.1 Å². The summed E-state index contributed by atoms with van der Waals surface area (Å²) in [7, 11) is -2.63. The Morgan fingerprint density at radius 2 is 1.37 bits per heavy atom. The Morgan fingerprint density at radius 3 is 1.63 bits per heavy atom. The van der Waals surface area contributed by atoms with Crippen molar-refractivity contribution in [1.29, 1.82) is 0 Å². The van der Waals surface area contributed by atoms with Gasteiger partial charge in [0.05, 0.1) is 30.2 Å². The largest absolute Gasteiger partial charge is 1.00 e. The molecule has 0 radical (unpaired) electrons. The van der Waals surface area contributed by atoms with Crippen LogP contribution in [-0.2, 0) is 19.6 Å². The van der Waals surface area contributed by atoms with E-state index in [4.69, 9.17) is 0 Å². The molecule has 0 saturated heterocycles. The van der Waals surface area contributed by atoms with E-state index in [0.717, 1.165) is 32.4 Å². The minimum absolute atomic E-state index is 0. The summed E-state index contributed by atoms with van der Waals surface area (Å²) in [4.78, 5) is 21.9. The van der Waals surface area contributed by atoms with Crippen LogP contribution in [0.4, 0.5) is 0 Å². The SMILES string of the molecule is COC(=O)c1cc(C(=O)OC)cc(S(=O)(=O)[O-])c1.[K+]. The smallest absolute Gasteiger partial charge is 0.744 e. The number of ether oxygens (including phenoxy) is 2. The van der Waals surface area contributed by atoms with Gasteiger partial charge in [-0.3, -0.25) is 0 Å². The molecule has 0 amide bonds. The molecule has 0 aliphatic rings. The summed E-state index contributed by atoms with van der Waals surface area (Å²) >= 11 is 0. The molecular formula is C10H9KO7S. The summed E-state index contributed by atoms with van der Waals surface area (Å²) in [6.45, 7) is 0. The first-order chi connectivity index (χ1) is 8.29. The van der Waals surface area contributed by atoms with E-state index in [2.05, 4.69) is 9.47 Å². The summed E-state index contributed by atoms with van der Waals surface area (Å²) in [5.41, 5.74) is -0.454. The van der Waals surface area contributed by atoms with Crippen LogP contribution in [0.1, 0.15) is 20.7 Å². The molecule has 98 valence electrons. The van der Waals surface area contributed by atoms with Crippen LogP contribution in [0.2, 0.25) is 0 Å². The van der Waals surface area contributed by atoms with Crippen molar-refractivity contribution in [2.75, 3.05) is 14.2 Å².